The van der Waals surface area contributed by atoms with Crippen LogP contribution >= 0.6 is 0 Å². The monoisotopic (exact) mass is 425 g/mol. The Morgan fingerprint density at radius 3 is 2.32 bits per heavy atom. The molecule has 0 saturated heterocycles. The molecule has 2 N–H and O–H groups in total. The second-order valence-electron chi connectivity index (χ2n) is 7.63. The molecule has 0 aliphatic carbocycles. The van der Waals surface area contributed by atoms with Gasteiger partial charge in [0.2, 0.25) is 5.91 Å². The summed E-state index contributed by atoms with van der Waals surface area (Å²) < 4.78 is 5.04. The fourth-order valence-electron chi connectivity index (χ4n) is 2.97. The number of nitrogens with one attached hydrogen (secondary N) is 2. The van der Waals surface area contributed by atoms with Crippen molar-refractivity contribution in [3.63, 3.8) is 0 Å². The van der Waals surface area contributed by atoms with Gasteiger partial charge in [0, 0.05) is 13.1 Å². The number of hydrogen-bond donors (Lipinski definition) is 2. The lowest BCUT2D eigenvalue weighted by atomic mass is 10.1. The fourth-order valence-corrected chi connectivity index (χ4v) is 2.97. The van der Waals surface area contributed by atoms with Gasteiger partial charge >= 0.3 is 5.97 Å². The predicted octanol–water partition coefficient (Wildman–Crippen LogP) is 3.08. The van der Waals surface area contributed by atoms with Crippen LogP contribution in [0.1, 0.15) is 36.7 Å². The lowest BCUT2D eigenvalue weighted by Gasteiger charge is -2.21. The quantitative estimate of drug-likeness (QED) is 0.540. The van der Waals surface area contributed by atoms with E-state index in [1.807, 2.05) is 44.2 Å². The molecule has 0 saturated carbocycles. The highest BCUT2D eigenvalue weighted by Crippen LogP contribution is 2.15. The van der Waals surface area contributed by atoms with Crippen molar-refractivity contribution >= 4 is 23.5 Å². The van der Waals surface area contributed by atoms with E-state index in [2.05, 4.69) is 10.6 Å². The highest BCUT2D eigenvalue weighted by Gasteiger charge is 2.18. The van der Waals surface area contributed by atoms with E-state index in [4.69, 9.17) is 4.74 Å². The van der Waals surface area contributed by atoms with Crippen LogP contribution in [0.25, 0.3) is 0 Å². The molecule has 0 aromatic heterocycles. The summed E-state index contributed by atoms with van der Waals surface area (Å²) in [4.78, 5) is 39.0. The zero-order valence-electron chi connectivity index (χ0n) is 18.4. The summed E-state index contributed by atoms with van der Waals surface area (Å²) in [7, 11) is 0. The number of esters is 1. The van der Waals surface area contributed by atoms with Crippen LogP contribution in [-0.2, 0) is 20.9 Å². The van der Waals surface area contributed by atoms with E-state index < -0.39 is 0 Å². The molecule has 7 heteroatoms. The van der Waals surface area contributed by atoms with E-state index in [9.17, 15) is 14.4 Å². The second-order valence-corrected chi connectivity index (χ2v) is 7.63. The number of benzene rings is 2. The summed E-state index contributed by atoms with van der Waals surface area (Å²) in [5, 5.41) is 5.67. The third-order valence-electron chi connectivity index (χ3n) is 4.39. The van der Waals surface area contributed by atoms with E-state index in [1.54, 1.807) is 36.1 Å². The van der Waals surface area contributed by atoms with Gasteiger partial charge in [-0.25, -0.2) is 0 Å². The first kappa shape index (κ1) is 24.1. The number of anilines is 1. The van der Waals surface area contributed by atoms with E-state index in [0.717, 1.165) is 5.56 Å². The molecule has 0 unspecified atom stereocenters. The van der Waals surface area contributed by atoms with Crippen molar-refractivity contribution in [2.45, 2.75) is 27.3 Å². The van der Waals surface area contributed by atoms with Crippen molar-refractivity contribution in [2.24, 2.45) is 5.92 Å². The van der Waals surface area contributed by atoms with Crippen LogP contribution in [0.15, 0.2) is 54.6 Å². The zero-order valence-corrected chi connectivity index (χ0v) is 18.4. The molecule has 0 aliphatic rings. The highest BCUT2D eigenvalue weighted by atomic mass is 16.5. The Bertz CT molecular complexity index is 868. The van der Waals surface area contributed by atoms with Crippen LogP contribution < -0.4 is 10.6 Å². The van der Waals surface area contributed by atoms with Crippen molar-refractivity contribution in [2.75, 3.05) is 31.6 Å². The molecule has 0 aliphatic heterocycles. The fraction of sp³-hybridized carbons (Fsp3) is 0.375. The molecule has 0 fully saturated rings. The van der Waals surface area contributed by atoms with Gasteiger partial charge in [0.1, 0.15) is 0 Å². The predicted molar refractivity (Wildman–Crippen MR) is 121 cm³/mol. The van der Waals surface area contributed by atoms with Gasteiger partial charge in [-0.1, -0.05) is 56.3 Å². The van der Waals surface area contributed by atoms with Crippen molar-refractivity contribution in [3.8, 4) is 0 Å². The van der Waals surface area contributed by atoms with Crippen LogP contribution in [-0.4, -0.2) is 48.9 Å². The summed E-state index contributed by atoms with van der Waals surface area (Å²) in [5.74, 6) is -0.624. The Balaban J connectivity index is 2.08. The van der Waals surface area contributed by atoms with Crippen LogP contribution in [0.3, 0.4) is 0 Å². The van der Waals surface area contributed by atoms with Gasteiger partial charge in [-0.05, 0) is 30.5 Å². The molecule has 7 nitrogen and oxygen atoms in total. The summed E-state index contributed by atoms with van der Waals surface area (Å²) in [6.07, 6.45) is 0. The third kappa shape index (κ3) is 8.60. The summed E-state index contributed by atoms with van der Waals surface area (Å²) in [6.45, 7) is 6.99. The number of ether oxygens (including phenoxy) is 1. The summed E-state index contributed by atoms with van der Waals surface area (Å²) in [5.41, 5.74) is 1.81. The average molecular weight is 426 g/mol. The third-order valence-corrected chi connectivity index (χ3v) is 4.39. The lowest BCUT2D eigenvalue weighted by molar-refractivity contribution is -0.144. The molecule has 2 rings (SSSR count). The SMILES string of the molecule is CCOC(=O)CN(CC(=O)Nc1ccccc1C(=O)NCC(C)C)Cc1ccccc1. The van der Waals surface area contributed by atoms with Gasteiger partial charge < -0.3 is 15.4 Å². The number of hydrogen-bond acceptors (Lipinski definition) is 5. The van der Waals surface area contributed by atoms with E-state index in [0.29, 0.717) is 30.3 Å². The maximum absolute atomic E-state index is 12.8. The first-order chi connectivity index (χ1) is 14.9. The Morgan fingerprint density at radius 1 is 0.968 bits per heavy atom. The first-order valence-corrected chi connectivity index (χ1v) is 10.5. The smallest absolute Gasteiger partial charge is 0.320 e. The number of amides is 2. The Hall–Kier alpha value is -3.19. The molecule has 2 amide bonds. The molecule has 2 aromatic carbocycles. The van der Waals surface area contributed by atoms with Crippen LogP contribution in [0, 0.1) is 5.92 Å². The molecule has 2 aromatic rings. The second kappa shape index (κ2) is 12.5. The molecule has 0 atom stereocenters. The molecule has 0 bridgehead atoms. The van der Waals surface area contributed by atoms with E-state index in [-0.39, 0.29) is 37.5 Å². The van der Waals surface area contributed by atoms with Crippen molar-refractivity contribution < 1.29 is 19.1 Å². The molecular formula is C24H31N3O4. The number of carbonyl (C=O) groups is 3. The number of rotatable bonds is 11. The number of para-hydroxylation sites is 1. The maximum atomic E-state index is 12.8. The molecule has 0 radical (unpaired) electrons. The standard InChI is InChI=1S/C24H31N3O4/c1-4-31-23(29)17-27(15-19-10-6-5-7-11-19)16-22(28)26-21-13-9-8-12-20(21)24(30)25-14-18(2)3/h5-13,18H,4,14-17H2,1-3H3,(H,25,30)(H,26,28). The van der Waals surface area contributed by atoms with Gasteiger partial charge in [-0.3, -0.25) is 19.3 Å². The van der Waals surface area contributed by atoms with E-state index in [1.165, 1.54) is 0 Å². The minimum atomic E-state index is -0.389. The van der Waals surface area contributed by atoms with Gasteiger partial charge in [0.05, 0.1) is 30.9 Å². The lowest BCUT2D eigenvalue weighted by Crippen LogP contribution is -2.37. The van der Waals surface area contributed by atoms with E-state index >= 15 is 0 Å². The van der Waals surface area contributed by atoms with Crippen LogP contribution in [0.5, 0.6) is 0 Å². The van der Waals surface area contributed by atoms with Crippen LogP contribution in [0.4, 0.5) is 5.69 Å². The van der Waals surface area contributed by atoms with Gasteiger partial charge in [0.15, 0.2) is 0 Å². The molecule has 31 heavy (non-hydrogen) atoms. The Morgan fingerprint density at radius 2 is 1.65 bits per heavy atom. The first-order valence-electron chi connectivity index (χ1n) is 10.5. The van der Waals surface area contributed by atoms with Crippen LogP contribution in [0.2, 0.25) is 0 Å². The molecular weight excluding hydrogens is 394 g/mol. The maximum Gasteiger partial charge on any atom is 0.320 e. The van der Waals surface area contributed by atoms with Gasteiger partial charge in [0.25, 0.3) is 5.91 Å². The van der Waals surface area contributed by atoms with Gasteiger partial charge in [-0.2, -0.15) is 0 Å². The molecule has 0 spiro atoms. The average Bonchev–Trinajstić information content (AvgIpc) is 2.73. The Kier molecular flexibility index (Phi) is 9.71. The summed E-state index contributed by atoms with van der Waals surface area (Å²) >= 11 is 0. The zero-order chi connectivity index (χ0) is 22.6. The topological polar surface area (TPSA) is 87.7 Å². The molecule has 0 heterocycles. The number of carbonyl (C=O) groups excluding carboxylic acids is 3. The number of nitrogens with zero attached hydrogens (tertiary/aromatic N) is 1. The minimum Gasteiger partial charge on any atom is -0.465 e. The van der Waals surface area contributed by atoms with Gasteiger partial charge in [-0.15, -0.1) is 0 Å². The summed E-state index contributed by atoms with van der Waals surface area (Å²) in [6, 6.07) is 16.5. The molecule has 166 valence electrons. The highest BCUT2D eigenvalue weighted by molar-refractivity contribution is 6.04. The van der Waals surface area contributed by atoms with Crippen molar-refractivity contribution in [1.29, 1.82) is 0 Å². The minimum absolute atomic E-state index is 0.00727. The Labute approximate surface area is 183 Å². The van der Waals surface area contributed by atoms with Crippen molar-refractivity contribution in [3.05, 3.63) is 65.7 Å². The normalized spacial score (nSPS) is 10.7. The largest absolute Gasteiger partial charge is 0.465 e. The van der Waals surface area contributed by atoms with Crippen molar-refractivity contribution in [1.82, 2.24) is 10.2 Å².